The highest BCUT2D eigenvalue weighted by Gasteiger charge is 2.45. The van der Waals surface area contributed by atoms with Crippen molar-refractivity contribution < 1.29 is 28.5 Å². The van der Waals surface area contributed by atoms with Crippen molar-refractivity contribution in [1.29, 1.82) is 0 Å². The highest BCUT2D eigenvalue weighted by molar-refractivity contribution is 6.08. The van der Waals surface area contributed by atoms with Crippen LogP contribution in [0.25, 0.3) is 28.0 Å². The maximum Gasteiger partial charge on any atom is 0.338 e. The summed E-state index contributed by atoms with van der Waals surface area (Å²) in [6.45, 7) is 11.9. The first-order valence-corrected chi connectivity index (χ1v) is 19.3. The Hall–Kier alpha value is -6.14. The molecular formula is C50H46O6. The van der Waals surface area contributed by atoms with Gasteiger partial charge in [-0.3, -0.25) is 0 Å². The van der Waals surface area contributed by atoms with Crippen LogP contribution < -0.4 is 9.47 Å². The second kappa shape index (κ2) is 14.5. The minimum absolute atomic E-state index is 0.0212. The van der Waals surface area contributed by atoms with Crippen LogP contribution in [0, 0.1) is 0 Å². The molecule has 6 nitrogen and oxygen atoms in total. The number of methoxy groups -OCH3 is 1. The molecule has 0 aromatic heterocycles. The highest BCUT2D eigenvalue weighted by atomic mass is 16.6. The fourth-order valence-electron chi connectivity index (χ4n) is 8.69. The number of benzene rings is 5. The summed E-state index contributed by atoms with van der Waals surface area (Å²) >= 11 is 0. The molecule has 0 saturated carbocycles. The summed E-state index contributed by atoms with van der Waals surface area (Å²) in [5.74, 6) is 0.760. The third-order valence-electron chi connectivity index (χ3n) is 11.5. The molecule has 0 fully saturated rings. The molecule has 1 heterocycles. The average molecular weight is 743 g/mol. The Balaban J connectivity index is 1.20. The second-order valence-corrected chi connectivity index (χ2v) is 15.3. The van der Waals surface area contributed by atoms with Gasteiger partial charge in [-0.25, -0.2) is 9.59 Å². The Bertz CT molecular complexity index is 2440. The molecular weight excluding hydrogens is 697 g/mol. The molecule has 282 valence electrons. The predicted molar refractivity (Wildman–Crippen MR) is 223 cm³/mol. The number of rotatable bonds is 10. The molecule has 2 aliphatic carbocycles. The van der Waals surface area contributed by atoms with E-state index in [1.807, 2.05) is 24.3 Å². The molecule has 0 spiro atoms. The molecule has 0 amide bonds. The van der Waals surface area contributed by atoms with E-state index in [0.29, 0.717) is 11.1 Å². The van der Waals surface area contributed by atoms with Gasteiger partial charge in [0.1, 0.15) is 24.7 Å². The van der Waals surface area contributed by atoms with Crippen molar-refractivity contribution in [3.63, 3.8) is 0 Å². The van der Waals surface area contributed by atoms with E-state index in [1.165, 1.54) is 33.2 Å². The summed E-state index contributed by atoms with van der Waals surface area (Å²) in [4.78, 5) is 24.4. The molecule has 8 rings (SSSR count). The SMILES string of the molecule is C=C(C)C(=O)OCCOC(=O)c1ccc(C2=CC3=C(CC2)c2c(c4c(c5cc(OC)c(CC)cc25)OC(c2ccccc2)(c2ccccc2)C=C4)C3(C)C)cc1. The summed E-state index contributed by atoms with van der Waals surface area (Å²) in [6, 6.07) is 33.0. The third kappa shape index (κ3) is 6.14. The first-order valence-electron chi connectivity index (χ1n) is 19.3. The van der Waals surface area contributed by atoms with Crippen LogP contribution in [0.3, 0.4) is 0 Å². The van der Waals surface area contributed by atoms with Gasteiger partial charge in [-0.2, -0.15) is 0 Å². The third-order valence-corrected chi connectivity index (χ3v) is 11.5. The standard InChI is InChI=1S/C50H46O6/c1-7-32-28-40-41(30-43(32)53-6)46-39(24-25-50(56-46,36-14-10-8-11-15-36)37-16-12-9-13-17-37)45-44(40)38-23-22-35(29-42(38)49(45,4)5)33-18-20-34(21-19-33)48(52)55-27-26-54-47(51)31(2)3/h8-21,24-25,28-30H,2,7,22-23,26-27H2,1,3-6H3. The van der Waals surface area contributed by atoms with E-state index < -0.39 is 17.5 Å². The van der Waals surface area contributed by atoms with Gasteiger partial charge < -0.3 is 18.9 Å². The monoisotopic (exact) mass is 742 g/mol. The lowest BCUT2D eigenvalue weighted by Crippen LogP contribution is -2.35. The van der Waals surface area contributed by atoms with Gasteiger partial charge in [0.2, 0.25) is 0 Å². The number of esters is 2. The van der Waals surface area contributed by atoms with Crippen molar-refractivity contribution in [3.8, 4) is 11.5 Å². The number of hydrogen-bond donors (Lipinski definition) is 0. The van der Waals surface area contributed by atoms with Gasteiger partial charge in [0, 0.05) is 33.1 Å². The van der Waals surface area contributed by atoms with Crippen LogP contribution >= 0.6 is 0 Å². The molecule has 0 saturated heterocycles. The minimum Gasteiger partial charge on any atom is -0.496 e. The Labute approximate surface area is 328 Å². The lowest BCUT2D eigenvalue weighted by atomic mass is 9.75. The van der Waals surface area contributed by atoms with Gasteiger partial charge in [-0.1, -0.05) is 112 Å². The Kier molecular flexibility index (Phi) is 9.53. The zero-order chi connectivity index (χ0) is 39.2. The number of ether oxygens (including phenoxy) is 4. The zero-order valence-electron chi connectivity index (χ0n) is 32.7. The Morgan fingerprint density at radius 2 is 1.50 bits per heavy atom. The van der Waals surface area contributed by atoms with Crippen molar-refractivity contribution in [2.75, 3.05) is 20.3 Å². The number of hydrogen-bond acceptors (Lipinski definition) is 6. The van der Waals surface area contributed by atoms with Crippen LogP contribution in [0.15, 0.2) is 127 Å². The van der Waals surface area contributed by atoms with Crippen LogP contribution in [0.2, 0.25) is 0 Å². The number of fused-ring (bicyclic) bond motifs is 7. The lowest BCUT2D eigenvalue weighted by molar-refractivity contribution is -0.140. The van der Waals surface area contributed by atoms with Crippen LogP contribution in [0.5, 0.6) is 11.5 Å². The van der Waals surface area contributed by atoms with Crippen LogP contribution in [0.4, 0.5) is 0 Å². The van der Waals surface area contributed by atoms with Crippen LogP contribution in [-0.2, 0) is 31.7 Å². The summed E-state index contributed by atoms with van der Waals surface area (Å²) in [6.07, 6.45) is 9.49. The van der Waals surface area contributed by atoms with Gasteiger partial charge in [0.05, 0.1) is 12.7 Å². The molecule has 0 unspecified atom stereocenters. The first kappa shape index (κ1) is 36.8. The van der Waals surface area contributed by atoms with Gasteiger partial charge in [-0.15, -0.1) is 0 Å². The molecule has 0 radical (unpaired) electrons. The van der Waals surface area contributed by atoms with E-state index in [0.717, 1.165) is 64.0 Å². The summed E-state index contributed by atoms with van der Waals surface area (Å²) in [5, 5.41) is 2.23. The summed E-state index contributed by atoms with van der Waals surface area (Å²) in [5.41, 5.74) is 11.5. The molecule has 0 atom stereocenters. The minimum atomic E-state index is -0.827. The van der Waals surface area contributed by atoms with E-state index in [1.54, 1.807) is 26.2 Å². The smallest absolute Gasteiger partial charge is 0.338 e. The molecule has 5 aromatic carbocycles. The molecule has 0 bridgehead atoms. The normalized spacial score (nSPS) is 15.9. The molecule has 56 heavy (non-hydrogen) atoms. The molecule has 0 N–H and O–H groups in total. The fraction of sp³-hybridized carbons (Fsp3) is 0.240. The van der Waals surface area contributed by atoms with E-state index >= 15 is 0 Å². The number of carbonyl (C=O) groups is 2. The summed E-state index contributed by atoms with van der Waals surface area (Å²) < 4.78 is 23.9. The maximum atomic E-state index is 12.8. The number of aryl methyl sites for hydroxylation is 1. The maximum absolute atomic E-state index is 12.8. The Morgan fingerprint density at radius 1 is 0.839 bits per heavy atom. The van der Waals surface area contributed by atoms with Gasteiger partial charge in [0.25, 0.3) is 0 Å². The number of allylic oxidation sites excluding steroid dienone is 4. The molecule has 3 aliphatic rings. The van der Waals surface area contributed by atoms with E-state index in [2.05, 4.69) is 106 Å². The quantitative estimate of drug-likeness (QED) is 0.0806. The number of carbonyl (C=O) groups excluding carboxylic acids is 2. The van der Waals surface area contributed by atoms with Crippen molar-refractivity contribution >= 4 is 39.9 Å². The van der Waals surface area contributed by atoms with Crippen LogP contribution in [0.1, 0.15) is 89.8 Å². The molecule has 5 aromatic rings. The van der Waals surface area contributed by atoms with Crippen molar-refractivity contribution in [2.45, 2.75) is 58.0 Å². The van der Waals surface area contributed by atoms with Crippen molar-refractivity contribution in [2.24, 2.45) is 0 Å². The van der Waals surface area contributed by atoms with Crippen molar-refractivity contribution in [3.05, 3.63) is 171 Å². The van der Waals surface area contributed by atoms with E-state index in [4.69, 9.17) is 18.9 Å². The predicted octanol–water partition coefficient (Wildman–Crippen LogP) is 11.0. The van der Waals surface area contributed by atoms with Gasteiger partial charge in [-0.05, 0) is 101 Å². The fourth-order valence-corrected chi connectivity index (χ4v) is 8.69. The average Bonchev–Trinajstić information content (AvgIpc) is 3.47. The van der Waals surface area contributed by atoms with Crippen LogP contribution in [-0.4, -0.2) is 32.3 Å². The highest BCUT2D eigenvalue weighted by Crippen LogP contribution is 2.59. The molecule has 6 heteroatoms. The topological polar surface area (TPSA) is 71.1 Å². The van der Waals surface area contributed by atoms with Gasteiger partial charge in [0.15, 0.2) is 5.60 Å². The summed E-state index contributed by atoms with van der Waals surface area (Å²) in [7, 11) is 1.75. The Morgan fingerprint density at radius 3 is 2.12 bits per heavy atom. The van der Waals surface area contributed by atoms with Gasteiger partial charge >= 0.3 is 11.9 Å². The van der Waals surface area contributed by atoms with E-state index in [-0.39, 0.29) is 18.6 Å². The first-order chi connectivity index (χ1) is 27.1. The zero-order valence-corrected chi connectivity index (χ0v) is 32.7. The lowest BCUT2D eigenvalue weighted by Gasteiger charge is -2.38. The largest absolute Gasteiger partial charge is 0.496 e. The molecule has 1 aliphatic heterocycles. The van der Waals surface area contributed by atoms with Crippen molar-refractivity contribution in [1.82, 2.24) is 0 Å². The second-order valence-electron chi connectivity index (χ2n) is 15.3. The van der Waals surface area contributed by atoms with E-state index in [9.17, 15) is 9.59 Å².